The van der Waals surface area contributed by atoms with Crippen molar-refractivity contribution in [3.63, 3.8) is 0 Å². The number of aliphatic hydroxyl groups excluding tert-OH is 1. The number of methoxy groups -OCH3 is 1. The topological polar surface area (TPSA) is 92.6 Å². The van der Waals surface area contributed by atoms with Crippen molar-refractivity contribution in [2.45, 2.75) is 6.04 Å². The molecule has 0 radical (unpaired) electrons. The predicted octanol–water partition coefficient (Wildman–Crippen LogP) is 5.63. The number of rotatable bonds is 4. The van der Waals surface area contributed by atoms with Crippen molar-refractivity contribution < 1.29 is 19.4 Å². The van der Waals surface area contributed by atoms with Crippen molar-refractivity contribution in [3.05, 3.63) is 87.7 Å². The Balaban J connectivity index is 1.74. The summed E-state index contributed by atoms with van der Waals surface area (Å²) >= 11 is 13.6. The molecule has 3 heterocycles. The van der Waals surface area contributed by atoms with E-state index in [2.05, 4.69) is 9.97 Å². The quantitative estimate of drug-likeness (QED) is 0.216. The fourth-order valence-corrected chi connectivity index (χ4v) is 5.14. The minimum atomic E-state index is -0.967. The number of Topliss-reactive ketones (excluding diaryl/α,β-unsaturated/α-hetero) is 1. The zero-order valence-electron chi connectivity index (χ0n) is 17.5. The maximum Gasteiger partial charge on any atom is 0.301 e. The van der Waals surface area contributed by atoms with Gasteiger partial charge in [0.1, 0.15) is 11.5 Å². The SMILES string of the molecule is COc1ccc2nc(N3C(=O)C(=O)/C(=C(/O)c4ccncc4)C3c3ccc(Cl)c(Cl)c3)sc2c1. The number of aromatic nitrogens is 2. The van der Waals surface area contributed by atoms with Crippen LogP contribution >= 0.6 is 34.5 Å². The number of hydrogen-bond donors (Lipinski definition) is 1. The van der Waals surface area contributed by atoms with Gasteiger partial charge in [-0.3, -0.25) is 19.5 Å². The lowest BCUT2D eigenvalue weighted by Gasteiger charge is -2.23. The third kappa shape index (κ3) is 3.69. The van der Waals surface area contributed by atoms with Gasteiger partial charge in [0.15, 0.2) is 5.13 Å². The van der Waals surface area contributed by atoms with Gasteiger partial charge in [-0.1, -0.05) is 40.6 Å². The van der Waals surface area contributed by atoms with Gasteiger partial charge in [0.05, 0.1) is 39.0 Å². The second-order valence-corrected chi connectivity index (χ2v) is 9.23. The number of carbonyl (C=O) groups is 2. The zero-order valence-corrected chi connectivity index (χ0v) is 19.9. The van der Waals surface area contributed by atoms with Crippen molar-refractivity contribution in [2.24, 2.45) is 0 Å². The van der Waals surface area contributed by atoms with Gasteiger partial charge in [-0.15, -0.1) is 0 Å². The fraction of sp³-hybridized carbons (Fsp3) is 0.0833. The van der Waals surface area contributed by atoms with E-state index in [1.54, 1.807) is 55.6 Å². The molecule has 1 N–H and O–H groups in total. The Morgan fingerprint density at radius 3 is 2.53 bits per heavy atom. The maximum atomic E-state index is 13.3. The van der Waals surface area contributed by atoms with E-state index in [4.69, 9.17) is 27.9 Å². The van der Waals surface area contributed by atoms with Gasteiger partial charge < -0.3 is 9.84 Å². The minimum Gasteiger partial charge on any atom is -0.507 e. The number of aliphatic hydroxyl groups is 1. The Morgan fingerprint density at radius 2 is 1.82 bits per heavy atom. The van der Waals surface area contributed by atoms with Crippen LogP contribution in [0.1, 0.15) is 17.2 Å². The lowest BCUT2D eigenvalue weighted by Crippen LogP contribution is -2.29. The lowest BCUT2D eigenvalue weighted by atomic mass is 9.95. The molecule has 7 nitrogen and oxygen atoms in total. The van der Waals surface area contributed by atoms with Crippen LogP contribution in [0.15, 0.2) is 66.5 Å². The highest BCUT2D eigenvalue weighted by Crippen LogP contribution is 2.45. The molecule has 10 heteroatoms. The molecular formula is C24H15Cl2N3O4S. The van der Waals surface area contributed by atoms with Crippen molar-refractivity contribution in [1.82, 2.24) is 9.97 Å². The Bertz CT molecular complexity index is 1490. The predicted molar refractivity (Wildman–Crippen MR) is 132 cm³/mol. The first-order valence-electron chi connectivity index (χ1n) is 10.00. The van der Waals surface area contributed by atoms with E-state index in [-0.39, 0.29) is 16.4 Å². The number of carbonyl (C=O) groups excluding carboxylic acids is 2. The molecule has 0 saturated carbocycles. The average Bonchev–Trinajstić information content (AvgIpc) is 3.38. The number of amides is 1. The average molecular weight is 512 g/mol. The molecule has 5 rings (SSSR count). The minimum absolute atomic E-state index is 0.0774. The molecule has 2 aromatic heterocycles. The van der Waals surface area contributed by atoms with E-state index < -0.39 is 17.7 Å². The molecule has 1 aliphatic heterocycles. The van der Waals surface area contributed by atoms with E-state index >= 15 is 0 Å². The van der Waals surface area contributed by atoms with E-state index in [1.165, 1.54) is 28.6 Å². The van der Waals surface area contributed by atoms with E-state index in [0.29, 0.717) is 32.5 Å². The smallest absolute Gasteiger partial charge is 0.301 e. The van der Waals surface area contributed by atoms with Crippen LogP contribution in [0, 0.1) is 0 Å². The van der Waals surface area contributed by atoms with E-state index in [0.717, 1.165) is 4.70 Å². The van der Waals surface area contributed by atoms with Gasteiger partial charge in [0.25, 0.3) is 5.78 Å². The fourth-order valence-electron chi connectivity index (χ4n) is 3.82. The van der Waals surface area contributed by atoms with E-state index in [9.17, 15) is 14.7 Å². The Kier molecular flexibility index (Phi) is 5.73. The number of halogens is 2. The van der Waals surface area contributed by atoms with Crippen LogP contribution in [0.4, 0.5) is 5.13 Å². The van der Waals surface area contributed by atoms with Crippen LogP contribution in [-0.2, 0) is 9.59 Å². The summed E-state index contributed by atoms with van der Waals surface area (Å²) in [5, 5.41) is 12.0. The summed E-state index contributed by atoms with van der Waals surface area (Å²) in [6.07, 6.45) is 2.97. The zero-order chi connectivity index (χ0) is 24.0. The van der Waals surface area contributed by atoms with Gasteiger partial charge in [-0.2, -0.15) is 0 Å². The van der Waals surface area contributed by atoms with Crippen molar-refractivity contribution >= 4 is 67.3 Å². The molecule has 1 fully saturated rings. The summed E-state index contributed by atoms with van der Waals surface area (Å²) in [5.74, 6) is -1.31. The second kappa shape index (κ2) is 8.72. The Hall–Kier alpha value is -3.46. The Labute approximate surface area is 207 Å². The lowest BCUT2D eigenvalue weighted by molar-refractivity contribution is -0.132. The molecule has 1 amide bonds. The normalized spacial score (nSPS) is 17.5. The summed E-state index contributed by atoms with van der Waals surface area (Å²) in [6.45, 7) is 0. The second-order valence-electron chi connectivity index (χ2n) is 7.41. The van der Waals surface area contributed by atoms with Crippen LogP contribution < -0.4 is 9.64 Å². The van der Waals surface area contributed by atoms with Crippen molar-refractivity contribution in [2.75, 3.05) is 12.0 Å². The number of ether oxygens (including phenoxy) is 1. The molecule has 0 bridgehead atoms. The van der Waals surface area contributed by atoms with E-state index in [1.807, 2.05) is 0 Å². The number of hydrogen-bond acceptors (Lipinski definition) is 7. The van der Waals surface area contributed by atoms with Gasteiger partial charge in [-0.05, 0) is 48.0 Å². The largest absolute Gasteiger partial charge is 0.507 e. The monoisotopic (exact) mass is 511 g/mol. The number of thiazole rings is 1. The van der Waals surface area contributed by atoms with Gasteiger partial charge >= 0.3 is 5.91 Å². The Morgan fingerprint density at radius 1 is 1.06 bits per heavy atom. The highest BCUT2D eigenvalue weighted by Gasteiger charge is 2.48. The van der Waals surface area contributed by atoms with Crippen LogP contribution in [0.2, 0.25) is 10.0 Å². The number of benzene rings is 2. The van der Waals surface area contributed by atoms with Crippen LogP contribution in [0.25, 0.3) is 16.0 Å². The first-order chi connectivity index (χ1) is 16.4. The van der Waals surface area contributed by atoms with Gasteiger partial charge in [0.2, 0.25) is 0 Å². The standard InChI is InChI=1S/C24H15Cl2N3O4S/c1-33-14-3-5-17-18(11-14)34-24(28-17)29-20(13-2-4-15(25)16(26)10-13)19(22(31)23(29)32)21(30)12-6-8-27-9-7-12/h2-11,20,30H,1H3/b21-19+. The van der Waals surface area contributed by atoms with Gasteiger partial charge in [-0.25, -0.2) is 4.98 Å². The van der Waals surface area contributed by atoms with Crippen molar-refractivity contribution in [3.8, 4) is 5.75 Å². The first kappa shape index (κ1) is 22.3. The number of ketones is 1. The summed E-state index contributed by atoms with van der Waals surface area (Å²) in [6, 6.07) is 12.3. The molecule has 0 spiro atoms. The summed E-state index contributed by atoms with van der Waals surface area (Å²) < 4.78 is 6.06. The summed E-state index contributed by atoms with van der Waals surface area (Å²) in [4.78, 5) is 36.3. The highest BCUT2D eigenvalue weighted by molar-refractivity contribution is 7.22. The first-order valence-corrected chi connectivity index (χ1v) is 11.6. The third-order valence-corrected chi connectivity index (χ3v) is 7.20. The summed E-state index contributed by atoms with van der Waals surface area (Å²) in [5.41, 5.74) is 1.42. The van der Waals surface area contributed by atoms with Crippen LogP contribution in [0.5, 0.6) is 5.75 Å². The molecule has 2 aromatic carbocycles. The molecule has 1 unspecified atom stereocenters. The number of nitrogens with zero attached hydrogens (tertiary/aromatic N) is 3. The molecular weight excluding hydrogens is 497 g/mol. The van der Waals surface area contributed by atoms with Gasteiger partial charge in [0, 0.05) is 18.0 Å². The number of pyridine rings is 1. The highest BCUT2D eigenvalue weighted by atomic mass is 35.5. The molecule has 34 heavy (non-hydrogen) atoms. The molecule has 170 valence electrons. The molecule has 1 saturated heterocycles. The summed E-state index contributed by atoms with van der Waals surface area (Å²) in [7, 11) is 1.56. The van der Waals surface area contributed by atoms with Crippen LogP contribution in [0.3, 0.4) is 0 Å². The number of anilines is 1. The van der Waals surface area contributed by atoms with Crippen LogP contribution in [-0.4, -0.2) is 33.9 Å². The number of fused-ring (bicyclic) bond motifs is 1. The third-order valence-electron chi connectivity index (χ3n) is 5.45. The van der Waals surface area contributed by atoms with Crippen molar-refractivity contribution in [1.29, 1.82) is 0 Å². The maximum absolute atomic E-state index is 13.3. The molecule has 1 aliphatic rings. The molecule has 0 aliphatic carbocycles. The molecule has 4 aromatic rings. The molecule has 1 atom stereocenters.